The summed E-state index contributed by atoms with van der Waals surface area (Å²) in [7, 11) is 0. The summed E-state index contributed by atoms with van der Waals surface area (Å²) in [4.78, 5) is 12.2. The van der Waals surface area contributed by atoms with E-state index < -0.39 is 0 Å². The molecule has 0 bridgehead atoms. The molecular formula is C23H29ClN4. The van der Waals surface area contributed by atoms with Gasteiger partial charge in [-0.05, 0) is 74.5 Å². The molecule has 0 saturated carbocycles. The van der Waals surface area contributed by atoms with Gasteiger partial charge < -0.3 is 9.80 Å². The van der Waals surface area contributed by atoms with Crippen LogP contribution >= 0.6 is 11.6 Å². The smallest absolute Gasteiger partial charge is 0.128 e. The van der Waals surface area contributed by atoms with Crippen LogP contribution in [0.2, 0.25) is 5.02 Å². The molecule has 1 aromatic carbocycles. The summed E-state index contributed by atoms with van der Waals surface area (Å²) in [6.07, 6.45) is 6.86. The van der Waals surface area contributed by atoms with Crippen LogP contribution in [0.4, 0.5) is 11.5 Å². The van der Waals surface area contributed by atoms with Crippen molar-refractivity contribution in [3.05, 3.63) is 52.7 Å². The minimum absolute atomic E-state index is 0.693. The highest BCUT2D eigenvalue weighted by Gasteiger charge is 2.33. The first-order valence-electron chi connectivity index (χ1n) is 10.7. The molecular weight excluding hydrogens is 368 g/mol. The van der Waals surface area contributed by atoms with Crippen molar-refractivity contribution < 1.29 is 0 Å². The van der Waals surface area contributed by atoms with Crippen molar-refractivity contribution in [2.24, 2.45) is 0 Å². The van der Waals surface area contributed by atoms with Gasteiger partial charge in [0.2, 0.25) is 0 Å². The van der Waals surface area contributed by atoms with Gasteiger partial charge in [0.05, 0.1) is 5.02 Å². The number of nitrogens with zero attached hydrogens (tertiary/aromatic N) is 4. The second-order valence-electron chi connectivity index (χ2n) is 8.58. The number of halogens is 1. The summed E-state index contributed by atoms with van der Waals surface area (Å²) >= 11 is 5.98. The fourth-order valence-corrected chi connectivity index (χ4v) is 5.34. The quantitative estimate of drug-likeness (QED) is 0.768. The molecule has 5 rings (SSSR count). The van der Waals surface area contributed by atoms with Crippen molar-refractivity contribution in [3.63, 3.8) is 0 Å². The van der Waals surface area contributed by atoms with Gasteiger partial charge in [0.25, 0.3) is 0 Å². The molecule has 0 radical (unpaired) electrons. The lowest BCUT2D eigenvalue weighted by molar-refractivity contribution is 0.204. The van der Waals surface area contributed by atoms with Crippen LogP contribution < -0.4 is 9.80 Å². The highest BCUT2D eigenvalue weighted by Crippen LogP contribution is 2.31. The van der Waals surface area contributed by atoms with Gasteiger partial charge in [0, 0.05) is 50.1 Å². The molecule has 148 valence electrons. The summed E-state index contributed by atoms with van der Waals surface area (Å²) in [5, 5.41) is 0.693. The third-order valence-electron chi connectivity index (χ3n) is 6.84. The van der Waals surface area contributed by atoms with Crippen LogP contribution in [-0.2, 0) is 13.0 Å². The normalized spacial score (nSPS) is 25.4. The lowest BCUT2D eigenvalue weighted by Crippen LogP contribution is -2.39. The summed E-state index contributed by atoms with van der Waals surface area (Å²) in [6, 6.07) is 12.5. The summed E-state index contributed by atoms with van der Waals surface area (Å²) in [5.74, 6) is 1.02. The second kappa shape index (κ2) is 7.57. The van der Waals surface area contributed by atoms with E-state index in [4.69, 9.17) is 11.6 Å². The highest BCUT2D eigenvalue weighted by atomic mass is 35.5. The molecule has 0 amide bonds. The van der Waals surface area contributed by atoms with Gasteiger partial charge in [-0.15, -0.1) is 0 Å². The largest absolute Gasteiger partial charge is 0.370 e. The maximum atomic E-state index is 5.98. The van der Waals surface area contributed by atoms with Crippen molar-refractivity contribution in [3.8, 4) is 0 Å². The number of likely N-dealkylation sites (tertiary alicyclic amines) is 1. The average molecular weight is 397 g/mol. The first-order valence-corrected chi connectivity index (χ1v) is 11.0. The molecule has 0 aliphatic carbocycles. The average Bonchev–Trinajstić information content (AvgIpc) is 3.36. The molecule has 4 nitrogen and oxygen atoms in total. The molecule has 2 fully saturated rings. The molecule has 4 heterocycles. The van der Waals surface area contributed by atoms with E-state index in [1.54, 1.807) is 6.20 Å². The number of fused-ring (bicyclic) bond motifs is 1. The van der Waals surface area contributed by atoms with E-state index in [1.807, 2.05) is 12.1 Å². The van der Waals surface area contributed by atoms with E-state index in [2.05, 4.69) is 44.8 Å². The van der Waals surface area contributed by atoms with Gasteiger partial charge in [0.15, 0.2) is 0 Å². The van der Waals surface area contributed by atoms with Gasteiger partial charge in [-0.1, -0.05) is 17.7 Å². The van der Waals surface area contributed by atoms with E-state index >= 15 is 0 Å². The highest BCUT2D eigenvalue weighted by molar-refractivity contribution is 6.30. The van der Waals surface area contributed by atoms with E-state index in [9.17, 15) is 0 Å². The minimum Gasteiger partial charge on any atom is -0.370 e. The van der Waals surface area contributed by atoms with Crippen molar-refractivity contribution in [2.75, 3.05) is 36.0 Å². The predicted octanol–water partition coefficient (Wildman–Crippen LogP) is 4.36. The summed E-state index contributed by atoms with van der Waals surface area (Å²) in [6.45, 7) is 8.00. The van der Waals surface area contributed by atoms with Crippen LogP contribution in [0.3, 0.4) is 0 Å². The van der Waals surface area contributed by atoms with Crippen molar-refractivity contribution in [1.29, 1.82) is 0 Å². The van der Waals surface area contributed by atoms with Crippen molar-refractivity contribution in [1.82, 2.24) is 9.88 Å². The molecule has 2 saturated heterocycles. The van der Waals surface area contributed by atoms with Crippen LogP contribution in [0.5, 0.6) is 0 Å². The van der Waals surface area contributed by atoms with Gasteiger partial charge >= 0.3 is 0 Å². The number of aromatic nitrogens is 1. The first kappa shape index (κ1) is 18.3. The maximum absolute atomic E-state index is 5.98. The Kier molecular flexibility index (Phi) is 4.93. The zero-order chi connectivity index (χ0) is 19.1. The predicted molar refractivity (Wildman–Crippen MR) is 116 cm³/mol. The number of hydrogen-bond acceptors (Lipinski definition) is 4. The molecule has 1 aromatic heterocycles. The molecule has 2 aromatic rings. The Morgan fingerprint density at radius 2 is 1.93 bits per heavy atom. The zero-order valence-corrected chi connectivity index (χ0v) is 17.4. The molecule has 3 aliphatic rings. The van der Waals surface area contributed by atoms with Crippen LogP contribution in [-0.4, -0.2) is 48.1 Å². The number of hydrogen-bond donors (Lipinski definition) is 0. The van der Waals surface area contributed by atoms with E-state index in [0.717, 1.165) is 37.4 Å². The third kappa shape index (κ3) is 3.48. The van der Waals surface area contributed by atoms with Crippen LogP contribution in [0.15, 0.2) is 36.5 Å². The Morgan fingerprint density at radius 3 is 2.71 bits per heavy atom. The summed E-state index contributed by atoms with van der Waals surface area (Å²) in [5.41, 5.74) is 4.34. The van der Waals surface area contributed by atoms with Gasteiger partial charge in [-0.25, -0.2) is 4.98 Å². The Labute approximate surface area is 173 Å². The van der Waals surface area contributed by atoms with Crippen LogP contribution in [0, 0.1) is 0 Å². The molecule has 28 heavy (non-hydrogen) atoms. The summed E-state index contributed by atoms with van der Waals surface area (Å²) < 4.78 is 0. The van der Waals surface area contributed by atoms with E-state index in [1.165, 1.54) is 55.7 Å². The lowest BCUT2D eigenvalue weighted by atomic mass is 9.98. The first-order chi connectivity index (χ1) is 13.7. The lowest BCUT2D eigenvalue weighted by Gasteiger charge is -2.31. The monoisotopic (exact) mass is 396 g/mol. The molecule has 0 spiro atoms. The van der Waals surface area contributed by atoms with Gasteiger partial charge in [-0.3, -0.25) is 4.90 Å². The fraction of sp³-hybridized carbons (Fsp3) is 0.522. The number of pyridine rings is 1. The van der Waals surface area contributed by atoms with Crippen molar-refractivity contribution >= 4 is 23.1 Å². The molecule has 5 heteroatoms. The standard InChI is InChI=1S/C23H29ClN4/c1-17-3-2-10-28(17)22-9-12-26(16-22)21-6-4-19-15-27(11-8-18(19)13-21)23-7-5-20(24)14-25-23/h4-7,13-14,17,22H,2-3,8-12,15-16H2,1H3/t17-,22-/m0/s1. The Bertz CT molecular complexity index is 837. The Morgan fingerprint density at radius 1 is 1.00 bits per heavy atom. The van der Waals surface area contributed by atoms with Crippen LogP contribution in [0.1, 0.15) is 37.3 Å². The SMILES string of the molecule is C[C@H]1CCCN1[C@H]1CCN(c2ccc3c(c2)CCN(c2ccc(Cl)cn2)C3)C1. The van der Waals surface area contributed by atoms with Crippen LogP contribution in [0.25, 0.3) is 0 Å². The van der Waals surface area contributed by atoms with Gasteiger partial charge in [0.1, 0.15) is 5.82 Å². The Balaban J connectivity index is 1.28. The number of rotatable bonds is 3. The minimum atomic E-state index is 0.693. The van der Waals surface area contributed by atoms with E-state index in [-0.39, 0.29) is 0 Å². The second-order valence-corrected chi connectivity index (χ2v) is 9.01. The number of anilines is 2. The molecule has 2 atom stereocenters. The molecule has 3 aliphatic heterocycles. The maximum Gasteiger partial charge on any atom is 0.128 e. The molecule has 0 unspecified atom stereocenters. The van der Waals surface area contributed by atoms with Gasteiger partial charge in [-0.2, -0.15) is 0 Å². The topological polar surface area (TPSA) is 22.6 Å². The van der Waals surface area contributed by atoms with E-state index in [0.29, 0.717) is 5.02 Å². The Hall–Kier alpha value is -1.78. The fourth-order valence-electron chi connectivity index (χ4n) is 5.23. The number of benzene rings is 1. The van der Waals surface area contributed by atoms with Crippen molar-refractivity contribution in [2.45, 2.75) is 51.2 Å². The third-order valence-corrected chi connectivity index (χ3v) is 7.06. The molecule has 0 N–H and O–H groups in total. The zero-order valence-electron chi connectivity index (χ0n) is 16.6.